The van der Waals surface area contributed by atoms with Crippen molar-refractivity contribution in [1.82, 2.24) is 4.98 Å². The molecule has 5 nitrogen and oxygen atoms in total. The maximum atomic E-state index is 12.8. The number of hydrogen-bond acceptors (Lipinski definition) is 5. The van der Waals surface area contributed by atoms with E-state index in [0.29, 0.717) is 16.9 Å². The smallest absolute Gasteiger partial charge is 0.352 e. The normalized spacial score (nSPS) is 11.6. The van der Waals surface area contributed by atoms with Crippen LogP contribution in [-0.4, -0.2) is 17.6 Å². The highest BCUT2D eigenvalue weighted by Crippen LogP contribution is 2.39. The Morgan fingerprint density at radius 3 is 2.24 bits per heavy atom. The summed E-state index contributed by atoms with van der Waals surface area (Å²) in [6.07, 6.45) is -1.00. The number of hydrogen-bond donors (Lipinski definition) is 1. The minimum atomic E-state index is -1.00. The monoisotopic (exact) mass is 502 g/mol. The summed E-state index contributed by atoms with van der Waals surface area (Å²) in [5.74, 6) is -0.332. The van der Waals surface area contributed by atoms with Gasteiger partial charge in [0.05, 0.1) is 12.3 Å². The number of anilines is 1. The molecule has 0 bridgehead atoms. The van der Waals surface area contributed by atoms with Gasteiger partial charge in [-0.3, -0.25) is 0 Å². The van der Waals surface area contributed by atoms with Gasteiger partial charge in [0.1, 0.15) is 5.69 Å². The number of esters is 1. The Bertz CT molecular complexity index is 1250. The van der Waals surface area contributed by atoms with Crippen LogP contribution >= 0.6 is 15.9 Å². The topological polar surface area (TPSA) is 74.4 Å². The summed E-state index contributed by atoms with van der Waals surface area (Å²) in [5, 5.41) is 0. The lowest BCUT2D eigenvalue weighted by molar-refractivity contribution is -0.151. The van der Waals surface area contributed by atoms with Gasteiger partial charge in [-0.15, -0.1) is 0 Å². The Morgan fingerprint density at radius 2 is 1.58 bits per heavy atom. The number of pyridine rings is 1. The van der Waals surface area contributed by atoms with Gasteiger partial charge in [-0.2, -0.15) is 0 Å². The van der Waals surface area contributed by atoms with Gasteiger partial charge in [0.2, 0.25) is 12.0 Å². The van der Waals surface area contributed by atoms with E-state index in [-0.39, 0.29) is 12.5 Å². The zero-order valence-corrected chi connectivity index (χ0v) is 19.7. The van der Waals surface area contributed by atoms with Gasteiger partial charge in [0.15, 0.2) is 0 Å². The Hall–Kier alpha value is -3.64. The maximum absolute atomic E-state index is 12.8. The number of benzene rings is 3. The zero-order valence-electron chi connectivity index (χ0n) is 18.1. The van der Waals surface area contributed by atoms with Gasteiger partial charge < -0.3 is 15.2 Å². The van der Waals surface area contributed by atoms with Crippen LogP contribution in [0.4, 0.5) is 5.69 Å². The summed E-state index contributed by atoms with van der Waals surface area (Å²) in [6, 6.07) is 28.7. The van der Waals surface area contributed by atoms with Crippen molar-refractivity contribution in [1.29, 1.82) is 0 Å². The Kier molecular flexibility index (Phi) is 7.05. The van der Waals surface area contributed by atoms with Crippen LogP contribution in [0.1, 0.15) is 18.6 Å². The fraction of sp³-hybridized carbons (Fsp3) is 0.111. The summed E-state index contributed by atoms with van der Waals surface area (Å²) >= 11 is 3.60. The molecule has 0 aliphatic rings. The third kappa shape index (κ3) is 5.07. The molecule has 166 valence electrons. The minimum absolute atomic E-state index is 0.170. The van der Waals surface area contributed by atoms with E-state index in [4.69, 9.17) is 20.2 Å². The number of ether oxygens (including phenoxy) is 2. The fourth-order valence-corrected chi connectivity index (χ4v) is 3.98. The maximum Gasteiger partial charge on any atom is 0.352 e. The van der Waals surface area contributed by atoms with Crippen LogP contribution in [0.5, 0.6) is 5.88 Å². The molecule has 0 spiro atoms. The van der Waals surface area contributed by atoms with Crippen molar-refractivity contribution in [3.8, 4) is 28.3 Å². The number of aromatic nitrogens is 1. The van der Waals surface area contributed by atoms with Crippen LogP contribution in [0.3, 0.4) is 0 Å². The van der Waals surface area contributed by atoms with Crippen molar-refractivity contribution in [2.45, 2.75) is 13.0 Å². The first-order valence-electron chi connectivity index (χ1n) is 10.6. The second kappa shape index (κ2) is 10.3. The molecule has 0 aliphatic carbocycles. The van der Waals surface area contributed by atoms with Crippen molar-refractivity contribution >= 4 is 27.6 Å². The minimum Gasteiger partial charge on any atom is -0.463 e. The molecule has 1 atom stereocenters. The molecule has 0 fully saturated rings. The number of nitrogens with two attached hydrogens (primary N) is 1. The van der Waals surface area contributed by atoms with Crippen LogP contribution in [0, 0.1) is 0 Å². The van der Waals surface area contributed by atoms with E-state index in [9.17, 15) is 4.79 Å². The molecule has 1 heterocycles. The van der Waals surface area contributed by atoms with E-state index in [1.807, 2.05) is 91.0 Å². The van der Waals surface area contributed by atoms with Gasteiger partial charge in [-0.1, -0.05) is 94.8 Å². The van der Waals surface area contributed by atoms with Crippen LogP contribution < -0.4 is 10.5 Å². The summed E-state index contributed by atoms with van der Waals surface area (Å²) < 4.78 is 12.3. The van der Waals surface area contributed by atoms with E-state index < -0.39 is 12.1 Å². The second-order valence-electron chi connectivity index (χ2n) is 7.28. The molecule has 0 amide bonds. The van der Waals surface area contributed by atoms with E-state index in [1.54, 1.807) is 6.92 Å². The Morgan fingerprint density at radius 1 is 0.939 bits per heavy atom. The summed E-state index contributed by atoms with van der Waals surface area (Å²) in [4.78, 5) is 17.5. The molecular weight excluding hydrogens is 480 g/mol. The highest BCUT2D eigenvalue weighted by molar-refractivity contribution is 9.10. The van der Waals surface area contributed by atoms with Crippen molar-refractivity contribution in [3.63, 3.8) is 0 Å². The molecule has 1 aromatic heterocycles. The van der Waals surface area contributed by atoms with E-state index in [2.05, 4.69) is 15.9 Å². The molecule has 1 unspecified atom stereocenters. The Balaban J connectivity index is 1.86. The largest absolute Gasteiger partial charge is 0.463 e. The van der Waals surface area contributed by atoms with Gasteiger partial charge in [0.25, 0.3) is 0 Å². The number of carbonyl (C=O) groups excluding carboxylic acids is 1. The molecular formula is C27H23BrN2O3. The zero-order chi connectivity index (χ0) is 23.2. The molecule has 4 rings (SSSR count). The van der Waals surface area contributed by atoms with Crippen molar-refractivity contribution in [2.24, 2.45) is 0 Å². The lowest BCUT2D eigenvalue weighted by Crippen LogP contribution is -2.22. The third-order valence-electron chi connectivity index (χ3n) is 5.09. The lowest BCUT2D eigenvalue weighted by atomic mass is 10.0. The van der Waals surface area contributed by atoms with Crippen LogP contribution in [0.25, 0.3) is 22.4 Å². The molecule has 4 aromatic rings. The van der Waals surface area contributed by atoms with Crippen molar-refractivity contribution in [2.75, 3.05) is 12.3 Å². The highest BCUT2D eigenvalue weighted by atomic mass is 79.9. The number of nitrogens with zero attached hydrogens (tertiary/aromatic N) is 1. The first-order chi connectivity index (χ1) is 16.1. The molecule has 0 saturated heterocycles. The van der Waals surface area contributed by atoms with Crippen LogP contribution in [0.2, 0.25) is 0 Å². The van der Waals surface area contributed by atoms with Gasteiger partial charge in [0, 0.05) is 21.2 Å². The van der Waals surface area contributed by atoms with Crippen LogP contribution in [0.15, 0.2) is 95.5 Å². The van der Waals surface area contributed by atoms with Crippen LogP contribution in [-0.2, 0) is 9.53 Å². The molecule has 3 aromatic carbocycles. The fourth-order valence-electron chi connectivity index (χ4n) is 3.49. The Labute approximate surface area is 201 Å². The number of nitrogen functional groups attached to an aromatic ring is 1. The number of carbonyl (C=O) groups is 1. The van der Waals surface area contributed by atoms with E-state index in [0.717, 1.165) is 21.2 Å². The molecule has 0 aliphatic heterocycles. The highest BCUT2D eigenvalue weighted by Gasteiger charge is 2.27. The summed E-state index contributed by atoms with van der Waals surface area (Å²) in [6.45, 7) is 1.99. The van der Waals surface area contributed by atoms with Gasteiger partial charge >= 0.3 is 5.97 Å². The van der Waals surface area contributed by atoms with Gasteiger partial charge in [-0.05, 0) is 24.6 Å². The number of rotatable bonds is 7. The predicted molar refractivity (Wildman–Crippen MR) is 134 cm³/mol. The molecule has 6 heteroatoms. The van der Waals surface area contributed by atoms with E-state index >= 15 is 0 Å². The SMILES string of the molecule is CCOC(=O)C(Oc1nc(-c2ccccc2Br)cc(-c2ccccc2)c1N)c1ccccc1. The standard InChI is InChI=1S/C27H23BrN2O3/c1-2-32-27(31)25(19-13-7-4-8-14-19)33-26-24(29)21(18-11-5-3-6-12-18)17-23(30-26)20-15-9-10-16-22(20)28/h3-17,25H,2,29H2,1H3. The lowest BCUT2D eigenvalue weighted by Gasteiger charge is -2.20. The molecule has 0 radical (unpaired) electrons. The third-order valence-corrected chi connectivity index (χ3v) is 5.78. The van der Waals surface area contributed by atoms with E-state index in [1.165, 1.54) is 0 Å². The van der Waals surface area contributed by atoms with Crippen molar-refractivity contribution < 1.29 is 14.3 Å². The first kappa shape index (κ1) is 22.6. The molecule has 2 N–H and O–H groups in total. The predicted octanol–water partition coefficient (Wildman–Crippen LogP) is 6.44. The first-order valence-corrected chi connectivity index (χ1v) is 11.4. The van der Waals surface area contributed by atoms with Crippen molar-refractivity contribution in [3.05, 3.63) is 101 Å². The average Bonchev–Trinajstić information content (AvgIpc) is 2.85. The molecule has 0 saturated carbocycles. The number of halogens is 1. The van der Waals surface area contributed by atoms with Gasteiger partial charge in [-0.25, -0.2) is 9.78 Å². The quantitative estimate of drug-likeness (QED) is 0.294. The summed E-state index contributed by atoms with van der Waals surface area (Å²) in [5.41, 5.74) is 10.8. The average molecular weight is 503 g/mol. The second-order valence-corrected chi connectivity index (χ2v) is 8.13. The molecule has 33 heavy (non-hydrogen) atoms. The summed E-state index contributed by atoms with van der Waals surface area (Å²) in [7, 11) is 0.